The molecular formula is C20H24N2O2. The first-order valence-electron chi connectivity index (χ1n) is 8.52. The maximum atomic E-state index is 10.4. The van der Waals surface area contributed by atoms with Crippen molar-refractivity contribution in [3.8, 4) is 5.75 Å². The molecule has 0 saturated carbocycles. The maximum absolute atomic E-state index is 10.4. The van der Waals surface area contributed by atoms with Gasteiger partial charge in [0.2, 0.25) is 0 Å². The van der Waals surface area contributed by atoms with Crippen LogP contribution in [0, 0.1) is 6.92 Å². The van der Waals surface area contributed by atoms with E-state index in [0.717, 1.165) is 34.6 Å². The van der Waals surface area contributed by atoms with Crippen LogP contribution in [0.15, 0.2) is 48.5 Å². The lowest BCUT2D eigenvalue weighted by Crippen LogP contribution is -2.14. The van der Waals surface area contributed by atoms with Crippen molar-refractivity contribution < 1.29 is 9.84 Å². The Morgan fingerprint density at radius 1 is 1.12 bits per heavy atom. The van der Waals surface area contributed by atoms with Crippen LogP contribution in [0.3, 0.4) is 0 Å². The highest BCUT2D eigenvalue weighted by molar-refractivity contribution is 5.76. The Hall–Kier alpha value is -2.33. The quantitative estimate of drug-likeness (QED) is 0.706. The van der Waals surface area contributed by atoms with Crippen molar-refractivity contribution in [1.82, 2.24) is 9.55 Å². The number of rotatable bonds is 7. The molecule has 0 radical (unpaired) electrons. The van der Waals surface area contributed by atoms with Crippen LogP contribution in [0.25, 0.3) is 11.0 Å². The van der Waals surface area contributed by atoms with E-state index < -0.39 is 6.10 Å². The minimum absolute atomic E-state index is 0.539. The molecule has 0 bridgehead atoms. The second-order valence-corrected chi connectivity index (χ2v) is 6.03. The molecule has 1 heterocycles. The van der Waals surface area contributed by atoms with Crippen LogP contribution in [0.5, 0.6) is 5.75 Å². The molecule has 0 aliphatic carbocycles. The Balaban J connectivity index is 1.82. The van der Waals surface area contributed by atoms with E-state index in [9.17, 15) is 5.11 Å². The van der Waals surface area contributed by atoms with Gasteiger partial charge in [0.25, 0.3) is 0 Å². The van der Waals surface area contributed by atoms with Crippen LogP contribution in [0.4, 0.5) is 0 Å². The molecule has 24 heavy (non-hydrogen) atoms. The number of hydrogen-bond acceptors (Lipinski definition) is 3. The summed E-state index contributed by atoms with van der Waals surface area (Å²) in [6.45, 7) is 5.30. The van der Waals surface area contributed by atoms with Gasteiger partial charge in [0, 0.05) is 0 Å². The Bertz CT molecular complexity index is 810. The van der Waals surface area contributed by atoms with Gasteiger partial charge in [-0.1, -0.05) is 43.7 Å². The van der Waals surface area contributed by atoms with Gasteiger partial charge in [-0.2, -0.15) is 0 Å². The second-order valence-electron chi connectivity index (χ2n) is 6.03. The molecule has 0 fully saturated rings. The molecule has 1 N–H and O–H groups in total. The average Bonchev–Trinajstić information content (AvgIpc) is 2.96. The summed E-state index contributed by atoms with van der Waals surface area (Å²) in [5.74, 6) is 1.63. The lowest BCUT2D eigenvalue weighted by Gasteiger charge is -2.14. The van der Waals surface area contributed by atoms with E-state index in [0.29, 0.717) is 19.6 Å². The van der Waals surface area contributed by atoms with Gasteiger partial charge in [-0.05, 0) is 37.1 Å². The predicted octanol–water partition coefficient (Wildman–Crippen LogP) is 4.26. The first-order chi connectivity index (χ1) is 11.7. The average molecular weight is 324 g/mol. The van der Waals surface area contributed by atoms with E-state index in [4.69, 9.17) is 4.74 Å². The van der Waals surface area contributed by atoms with Gasteiger partial charge in [-0.25, -0.2) is 4.98 Å². The Morgan fingerprint density at radius 3 is 2.67 bits per heavy atom. The van der Waals surface area contributed by atoms with Crippen molar-refractivity contribution in [2.75, 3.05) is 6.61 Å². The zero-order chi connectivity index (χ0) is 16.9. The summed E-state index contributed by atoms with van der Waals surface area (Å²) in [6, 6.07) is 16.0. The van der Waals surface area contributed by atoms with Crippen molar-refractivity contribution >= 4 is 11.0 Å². The van der Waals surface area contributed by atoms with E-state index in [1.165, 1.54) is 0 Å². The molecule has 0 spiro atoms. The molecule has 4 nitrogen and oxygen atoms in total. The van der Waals surface area contributed by atoms with Gasteiger partial charge in [-0.3, -0.25) is 0 Å². The number of nitrogens with zero attached hydrogens (tertiary/aromatic N) is 2. The van der Waals surface area contributed by atoms with E-state index in [1.54, 1.807) is 0 Å². The number of aromatic nitrogens is 2. The number of ether oxygens (including phenoxy) is 1. The minimum Gasteiger partial charge on any atom is -0.491 e. The fourth-order valence-corrected chi connectivity index (χ4v) is 2.95. The number of aryl methyl sites for hydroxylation is 1. The van der Waals surface area contributed by atoms with E-state index in [1.807, 2.05) is 55.5 Å². The third-order valence-corrected chi connectivity index (χ3v) is 4.21. The first-order valence-corrected chi connectivity index (χ1v) is 8.52. The molecule has 0 saturated heterocycles. The summed E-state index contributed by atoms with van der Waals surface area (Å²) in [7, 11) is 0. The first kappa shape index (κ1) is 16.5. The summed E-state index contributed by atoms with van der Waals surface area (Å²) in [6.07, 6.45) is 1.09. The molecule has 126 valence electrons. The summed E-state index contributed by atoms with van der Waals surface area (Å²) < 4.78 is 8.00. The van der Waals surface area contributed by atoms with Crippen LogP contribution in [-0.4, -0.2) is 21.3 Å². The molecule has 3 aromatic rings. The molecule has 0 amide bonds. The van der Waals surface area contributed by atoms with Crippen LogP contribution >= 0.6 is 0 Å². The smallest absolute Gasteiger partial charge is 0.138 e. The number of aliphatic hydroxyl groups excluding tert-OH is 1. The van der Waals surface area contributed by atoms with Crippen molar-refractivity contribution in [3.05, 3.63) is 59.9 Å². The number of aliphatic hydroxyl groups is 1. The van der Waals surface area contributed by atoms with Crippen molar-refractivity contribution in [2.45, 2.75) is 39.3 Å². The molecule has 2 aromatic carbocycles. The molecule has 1 unspecified atom stereocenters. The number of hydrogen-bond donors (Lipinski definition) is 1. The van der Waals surface area contributed by atoms with E-state index in [2.05, 4.69) is 16.5 Å². The lowest BCUT2D eigenvalue weighted by atomic mass is 10.2. The van der Waals surface area contributed by atoms with Gasteiger partial charge < -0.3 is 14.4 Å². The van der Waals surface area contributed by atoms with Gasteiger partial charge in [-0.15, -0.1) is 0 Å². The lowest BCUT2D eigenvalue weighted by molar-refractivity contribution is 0.151. The number of benzene rings is 2. The van der Waals surface area contributed by atoms with E-state index in [-0.39, 0.29) is 0 Å². The fourth-order valence-electron chi connectivity index (χ4n) is 2.95. The number of fused-ring (bicyclic) bond motifs is 1. The largest absolute Gasteiger partial charge is 0.491 e. The summed E-state index contributed by atoms with van der Waals surface area (Å²) in [5, 5.41) is 10.4. The normalized spacial score (nSPS) is 12.5. The molecule has 4 heteroatoms. The zero-order valence-corrected chi connectivity index (χ0v) is 14.3. The Kier molecular flexibility index (Phi) is 5.16. The predicted molar refractivity (Wildman–Crippen MR) is 96.3 cm³/mol. The van der Waals surface area contributed by atoms with Crippen molar-refractivity contribution in [2.24, 2.45) is 0 Å². The van der Waals surface area contributed by atoms with E-state index >= 15 is 0 Å². The summed E-state index contributed by atoms with van der Waals surface area (Å²) in [4.78, 5) is 4.63. The molecule has 1 atom stereocenters. The van der Waals surface area contributed by atoms with Crippen molar-refractivity contribution in [3.63, 3.8) is 0 Å². The molecule has 0 aliphatic heterocycles. The van der Waals surface area contributed by atoms with Gasteiger partial charge >= 0.3 is 0 Å². The monoisotopic (exact) mass is 324 g/mol. The van der Waals surface area contributed by atoms with Crippen LogP contribution < -0.4 is 4.74 Å². The SMILES string of the molecule is CCCC(O)c1nc2ccccc2n1CCOc1ccccc1C. The molecule has 3 rings (SSSR count). The second kappa shape index (κ2) is 7.49. The summed E-state index contributed by atoms with van der Waals surface area (Å²) in [5.41, 5.74) is 3.08. The highest BCUT2D eigenvalue weighted by Crippen LogP contribution is 2.24. The fraction of sp³-hybridized carbons (Fsp3) is 0.350. The number of imidazole rings is 1. The topological polar surface area (TPSA) is 47.3 Å². The highest BCUT2D eigenvalue weighted by Gasteiger charge is 2.17. The van der Waals surface area contributed by atoms with Crippen LogP contribution in [0.1, 0.15) is 37.3 Å². The minimum atomic E-state index is -0.541. The van der Waals surface area contributed by atoms with Gasteiger partial charge in [0.15, 0.2) is 0 Å². The van der Waals surface area contributed by atoms with Crippen LogP contribution in [-0.2, 0) is 6.54 Å². The third kappa shape index (κ3) is 3.44. The number of para-hydroxylation sites is 3. The zero-order valence-electron chi connectivity index (χ0n) is 14.3. The van der Waals surface area contributed by atoms with Crippen LogP contribution in [0.2, 0.25) is 0 Å². The Labute approximate surface area is 142 Å². The van der Waals surface area contributed by atoms with Gasteiger partial charge in [0.05, 0.1) is 17.6 Å². The molecule has 0 aliphatic rings. The standard InChI is InChI=1S/C20H24N2O2/c1-3-8-18(23)20-21-16-10-5-6-11-17(16)22(20)13-14-24-19-12-7-4-9-15(19)2/h4-7,9-12,18,23H,3,8,13-14H2,1-2H3. The van der Waals surface area contributed by atoms with Gasteiger partial charge in [0.1, 0.15) is 24.3 Å². The molecular weight excluding hydrogens is 300 g/mol. The maximum Gasteiger partial charge on any atom is 0.138 e. The highest BCUT2D eigenvalue weighted by atomic mass is 16.5. The Morgan fingerprint density at radius 2 is 1.88 bits per heavy atom. The molecule has 1 aromatic heterocycles. The third-order valence-electron chi connectivity index (χ3n) is 4.21. The van der Waals surface area contributed by atoms with Crippen molar-refractivity contribution in [1.29, 1.82) is 0 Å². The summed E-state index contributed by atoms with van der Waals surface area (Å²) >= 11 is 0.